The predicted molar refractivity (Wildman–Crippen MR) is 129 cm³/mol. The minimum Gasteiger partial charge on any atom is -0.350 e. The largest absolute Gasteiger partial charge is 0.350 e. The summed E-state index contributed by atoms with van der Waals surface area (Å²) in [6.45, 7) is 4.61. The van der Waals surface area contributed by atoms with E-state index in [0.29, 0.717) is 17.5 Å². The molecule has 1 saturated heterocycles. The lowest BCUT2D eigenvalue weighted by molar-refractivity contribution is -0.117. The first-order valence-electron chi connectivity index (χ1n) is 11.9. The molecule has 1 saturated carbocycles. The second-order valence-corrected chi connectivity index (χ2v) is 9.25. The van der Waals surface area contributed by atoms with Crippen LogP contribution in [0.4, 0.5) is 0 Å². The first kappa shape index (κ1) is 22.3. The van der Waals surface area contributed by atoms with Crippen molar-refractivity contribution in [3.8, 4) is 6.07 Å². The third-order valence-corrected chi connectivity index (χ3v) is 7.18. The van der Waals surface area contributed by atoms with E-state index in [9.17, 15) is 4.79 Å². The Bertz CT molecular complexity index is 972. The summed E-state index contributed by atoms with van der Waals surface area (Å²) >= 11 is 0. The highest BCUT2D eigenvalue weighted by Crippen LogP contribution is 2.33. The van der Waals surface area contributed by atoms with Gasteiger partial charge in [-0.25, -0.2) is 0 Å². The van der Waals surface area contributed by atoms with Crippen LogP contribution in [0.2, 0.25) is 0 Å². The number of likely N-dealkylation sites (tertiary alicyclic amines) is 1. The van der Waals surface area contributed by atoms with Crippen LogP contribution in [0, 0.1) is 18.3 Å². The maximum absolute atomic E-state index is 12.3. The number of piperidine rings is 1. The van der Waals surface area contributed by atoms with Crippen molar-refractivity contribution in [2.24, 2.45) is 0 Å². The van der Waals surface area contributed by atoms with E-state index in [4.69, 9.17) is 5.26 Å². The molecule has 1 aliphatic carbocycles. The second-order valence-electron chi connectivity index (χ2n) is 9.25. The SMILES string of the molecule is Cc1ccccc1C1CCN(C2CCC(NC(=O)/C=C/c3ccc(C#N)cc3)CC2)CC1. The number of benzene rings is 2. The smallest absolute Gasteiger partial charge is 0.244 e. The van der Waals surface area contributed by atoms with Gasteiger partial charge in [-0.05, 0) is 99.4 Å². The highest BCUT2D eigenvalue weighted by molar-refractivity contribution is 5.91. The van der Waals surface area contributed by atoms with Gasteiger partial charge in [-0.1, -0.05) is 36.4 Å². The van der Waals surface area contributed by atoms with E-state index < -0.39 is 0 Å². The number of nitrogens with zero attached hydrogens (tertiary/aromatic N) is 2. The second kappa shape index (κ2) is 10.6. The van der Waals surface area contributed by atoms with Crippen molar-refractivity contribution in [1.82, 2.24) is 10.2 Å². The number of carbonyl (C=O) groups is 1. The lowest BCUT2D eigenvalue weighted by atomic mass is 9.84. The van der Waals surface area contributed by atoms with Crippen LogP contribution in [0.25, 0.3) is 6.08 Å². The van der Waals surface area contributed by atoms with Crippen LogP contribution in [0.15, 0.2) is 54.6 Å². The molecular formula is C28H33N3O. The van der Waals surface area contributed by atoms with Crippen LogP contribution in [-0.2, 0) is 4.79 Å². The van der Waals surface area contributed by atoms with Crippen LogP contribution in [0.1, 0.15) is 66.7 Å². The number of hydrogen-bond donors (Lipinski definition) is 1. The Morgan fingerprint density at radius 1 is 1.00 bits per heavy atom. The minimum atomic E-state index is -0.0307. The molecule has 0 unspecified atom stereocenters. The van der Waals surface area contributed by atoms with Crippen molar-refractivity contribution in [2.75, 3.05) is 13.1 Å². The first-order chi connectivity index (χ1) is 15.6. The molecule has 1 aliphatic heterocycles. The van der Waals surface area contributed by atoms with E-state index in [1.165, 1.54) is 49.9 Å². The average Bonchev–Trinajstić information content (AvgIpc) is 2.84. The van der Waals surface area contributed by atoms with Gasteiger partial charge in [0.1, 0.15) is 0 Å². The molecule has 2 aliphatic rings. The van der Waals surface area contributed by atoms with Gasteiger partial charge in [-0.3, -0.25) is 4.79 Å². The molecule has 32 heavy (non-hydrogen) atoms. The van der Waals surface area contributed by atoms with Gasteiger partial charge in [0, 0.05) is 18.2 Å². The molecule has 4 rings (SSSR count). The minimum absolute atomic E-state index is 0.0307. The van der Waals surface area contributed by atoms with Gasteiger partial charge < -0.3 is 10.2 Å². The zero-order valence-electron chi connectivity index (χ0n) is 19.0. The van der Waals surface area contributed by atoms with E-state index in [1.807, 2.05) is 12.1 Å². The normalized spacial score (nSPS) is 22.5. The summed E-state index contributed by atoms with van der Waals surface area (Å²) < 4.78 is 0. The van der Waals surface area contributed by atoms with Gasteiger partial charge in [0.25, 0.3) is 0 Å². The molecule has 1 amide bonds. The fraction of sp³-hybridized carbons (Fsp3) is 0.429. The lowest BCUT2D eigenvalue weighted by Crippen LogP contribution is -2.46. The molecule has 0 radical (unpaired) electrons. The average molecular weight is 428 g/mol. The molecule has 0 aromatic heterocycles. The maximum Gasteiger partial charge on any atom is 0.244 e. The van der Waals surface area contributed by atoms with Crippen LogP contribution in [-0.4, -0.2) is 36.0 Å². The third kappa shape index (κ3) is 5.66. The van der Waals surface area contributed by atoms with Gasteiger partial charge in [-0.2, -0.15) is 5.26 Å². The summed E-state index contributed by atoms with van der Waals surface area (Å²) in [6.07, 6.45) is 10.4. The number of hydrogen-bond acceptors (Lipinski definition) is 3. The summed E-state index contributed by atoms with van der Waals surface area (Å²) in [6, 6.07) is 19.1. The van der Waals surface area contributed by atoms with Gasteiger partial charge in [0.15, 0.2) is 0 Å². The van der Waals surface area contributed by atoms with Crippen LogP contribution < -0.4 is 5.32 Å². The van der Waals surface area contributed by atoms with Crippen molar-refractivity contribution in [3.05, 3.63) is 76.9 Å². The van der Waals surface area contributed by atoms with E-state index >= 15 is 0 Å². The maximum atomic E-state index is 12.3. The van der Waals surface area contributed by atoms with Crippen LogP contribution >= 0.6 is 0 Å². The number of amides is 1. The predicted octanol–water partition coefficient (Wildman–Crippen LogP) is 5.19. The highest BCUT2D eigenvalue weighted by Gasteiger charge is 2.30. The molecule has 4 nitrogen and oxygen atoms in total. The molecule has 0 spiro atoms. The van der Waals surface area contributed by atoms with E-state index in [-0.39, 0.29) is 11.9 Å². The molecule has 4 heteroatoms. The number of nitriles is 1. The standard InChI is InChI=1S/C28H33N3O/c1-21-4-2-3-5-27(21)24-16-18-31(19-17-24)26-13-11-25(12-14-26)30-28(32)15-10-22-6-8-23(20-29)9-7-22/h2-10,15,24-26H,11-14,16-19H2,1H3,(H,30,32)/b15-10+. The number of nitrogens with one attached hydrogen (secondary N) is 1. The monoisotopic (exact) mass is 427 g/mol. The molecule has 2 aromatic carbocycles. The number of aryl methyl sites for hydroxylation is 1. The first-order valence-corrected chi connectivity index (χ1v) is 11.9. The molecular weight excluding hydrogens is 394 g/mol. The van der Waals surface area contributed by atoms with Gasteiger partial charge >= 0.3 is 0 Å². The highest BCUT2D eigenvalue weighted by atomic mass is 16.1. The van der Waals surface area contributed by atoms with Crippen LogP contribution in [0.3, 0.4) is 0 Å². The van der Waals surface area contributed by atoms with E-state index in [2.05, 4.69) is 47.5 Å². The van der Waals surface area contributed by atoms with Crippen molar-refractivity contribution in [2.45, 2.75) is 63.5 Å². The number of carbonyl (C=O) groups excluding carboxylic acids is 1. The van der Waals surface area contributed by atoms with Gasteiger partial charge in [-0.15, -0.1) is 0 Å². The summed E-state index contributed by atoms with van der Waals surface area (Å²) in [5.74, 6) is 0.669. The van der Waals surface area contributed by atoms with Crippen molar-refractivity contribution < 1.29 is 4.79 Å². The van der Waals surface area contributed by atoms with E-state index in [0.717, 1.165) is 18.4 Å². The fourth-order valence-corrected chi connectivity index (χ4v) is 5.30. The zero-order valence-corrected chi connectivity index (χ0v) is 19.0. The third-order valence-electron chi connectivity index (χ3n) is 7.18. The van der Waals surface area contributed by atoms with Crippen molar-refractivity contribution in [1.29, 1.82) is 5.26 Å². The Morgan fingerprint density at radius 2 is 1.69 bits per heavy atom. The van der Waals surface area contributed by atoms with Crippen molar-refractivity contribution in [3.63, 3.8) is 0 Å². The fourth-order valence-electron chi connectivity index (χ4n) is 5.30. The summed E-state index contributed by atoms with van der Waals surface area (Å²) in [5, 5.41) is 12.0. The van der Waals surface area contributed by atoms with Gasteiger partial charge in [0.05, 0.1) is 11.6 Å². The topological polar surface area (TPSA) is 56.1 Å². The zero-order chi connectivity index (χ0) is 22.3. The molecule has 2 aromatic rings. The Balaban J connectivity index is 1.20. The number of rotatable bonds is 5. The quantitative estimate of drug-likeness (QED) is 0.669. The summed E-state index contributed by atoms with van der Waals surface area (Å²) in [5.41, 5.74) is 4.52. The Labute approximate surface area is 191 Å². The van der Waals surface area contributed by atoms with Crippen molar-refractivity contribution >= 4 is 12.0 Å². The van der Waals surface area contributed by atoms with Crippen LogP contribution in [0.5, 0.6) is 0 Å². The molecule has 0 atom stereocenters. The summed E-state index contributed by atoms with van der Waals surface area (Å²) in [4.78, 5) is 15.0. The Morgan fingerprint density at radius 3 is 2.34 bits per heavy atom. The molecule has 1 N–H and O–H groups in total. The molecule has 2 fully saturated rings. The Kier molecular flexibility index (Phi) is 7.39. The molecule has 0 bridgehead atoms. The lowest BCUT2D eigenvalue weighted by Gasteiger charge is -2.41. The molecule has 1 heterocycles. The molecule has 166 valence electrons. The van der Waals surface area contributed by atoms with E-state index in [1.54, 1.807) is 24.3 Å². The Hall–Kier alpha value is -2.90. The summed E-state index contributed by atoms with van der Waals surface area (Å²) in [7, 11) is 0. The van der Waals surface area contributed by atoms with Gasteiger partial charge in [0.2, 0.25) is 5.91 Å².